The van der Waals surface area contributed by atoms with Gasteiger partial charge in [0, 0.05) is 38.2 Å². The molecule has 166 valence electrons. The number of methoxy groups -OCH3 is 1. The van der Waals surface area contributed by atoms with E-state index >= 15 is 0 Å². The van der Waals surface area contributed by atoms with Gasteiger partial charge in [0.25, 0.3) is 5.91 Å². The third kappa shape index (κ3) is 3.21. The average Bonchev–Trinajstić information content (AvgIpc) is 2.78. The van der Waals surface area contributed by atoms with Crippen LogP contribution in [0.1, 0.15) is 43.0 Å². The second-order valence-corrected chi connectivity index (χ2v) is 8.92. The number of carbonyl (C=O) groups is 3. The molecular weight excluding hydrogens is 410 g/mol. The molecule has 0 N–H and O–H groups in total. The number of likely N-dealkylation sites (tertiary alicyclic amines) is 1. The first-order valence-electron chi connectivity index (χ1n) is 10.8. The van der Waals surface area contributed by atoms with Crippen molar-refractivity contribution in [2.75, 3.05) is 20.2 Å². The van der Waals surface area contributed by atoms with Crippen LogP contribution < -0.4 is 9.47 Å². The summed E-state index contributed by atoms with van der Waals surface area (Å²) in [6.45, 7) is 2.70. The van der Waals surface area contributed by atoms with Crippen LogP contribution in [0.2, 0.25) is 0 Å². The summed E-state index contributed by atoms with van der Waals surface area (Å²) in [5.41, 5.74) is -1.08. The Morgan fingerprint density at radius 2 is 1.94 bits per heavy atom. The number of carbonyl (C=O) groups excluding carboxylic acids is 3. The monoisotopic (exact) mass is 435 g/mol. The van der Waals surface area contributed by atoms with E-state index in [1.54, 1.807) is 60.4 Å². The Balaban J connectivity index is 1.34. The molecule has 1 aromatic carbocycles. The summed E-state index contributed by atoms with van der Waals surface area (Å²) in [7, 11) is 1.58. The lowest BCUT2D eigenvalue weighted by molar-refractivity contribution is -0.147. The van der Waals surface area contributed by atoms with Gasteiger partial charge in [0.05, 0.1) is 25.5 Å². The molecule has 1 unspecified atom stereocenters. The number of fused-ring (bicyclic) bond motifs is 2. The topological polar surface area (TPSA) is 88.5 Å². The molecular formula is C24H25N3O5. The lowest BCUT2D eigenvalue weighted by Crippen LogP contribution is -2.63. The van der Waals surface area contributed by atoms with Gasteiger partial charge >= 0.3 is 0 Å². The van der Waals surface area contributed by atoms with Gasteiger partial charge in [0.1, 0.15) is 28.5 Å². The normalized spacial score (nSPS) is 25.8. The van der Waals surface area contributed by atoms with Crippen molar-refractivity contribution in [3.8, 4) is 11.5 Å². The SMILES string of the molecule is COc1ccc2c(c1)OC1(CCN(C(=O)C3(C)CC(=O)N=C4C=CC=CN43)CC1)CC2=O. The maximum absolute atomic E-state index is 13.6. The smallest absolute Gasteiger partial charge is 0.250 e. The van der Waals surface area contributed by atoms with Crippen molar-refractivity contribution in [1.29, 1.82) is 0 Å². The molecule has 4 aliphatic rings. The Labute approximate surface area is 186 Å². The molecule has 1 atom stereocenters. The standard InChI is InChI=1S/C24H25N3O5/c1-23(15-21(29)25-20-5-3-4-10-27(20)23)22(30)26-11-8-24(9-12-26)14-18(28)17-7-6-16(31-2)13-19(17)32-24/h3-7,10,13H,8-9,11-12,14-15H2,1-2H3. The summed E-state index contributed by atoms with van der Waals surface area (Å²) in [6.07, 6.45) is 8.57. The van der Waals surface area contributed by atoms with E-state index in [2.05, 4.69) is 4.99 Å². The van der Waals surface area contributed by atoms with E-state index in [-0.39, 0.29) is 24.0 Å². The molecule has 4 heterocycles. The van der Waals surface area contributed by atoms with Crippen LogP contribution in [0.3, 0.4) is 0 Å². The summed E-state index contributed by atoms with van der Waals surface area (Å²) in [6, 6.07) is 5.24. The average molecular weight is 435 g/mol. The number of hydrogen-bond donors (Lipinski definition) is 0. The van der Waals surface area contributed by atoms with Gasteiger partial charge in [-0.05, 0) is 31.2 Å². The number of amides is 2. The highest BCUT2D eigenvalue weighted by atomic mass is 16.5. The summed E-state index contributed by atoms with van der Waals surface area (Å²) in [5, 5.41) is 0. The van der Waals surface area contributed by atoms with Gasteiger partial charge in [-0.15, -0.1) is 0 Å². The lowest BCUT2D eigenvalue weighted by Gasteiger charge is -2.48. The first-order chi connectivity index (χ1) is 15.3. The predicted molar refractivity (Wildman–Crippen MR) is 117 cm³/mol. The van der Waals surface area contributed by atoms with Crippen LogP contribution in [-0.2, 0) is 9.59 Å². The zero-order valence-electron chi connectivity index (χ0n) is 18.2. The molecule has 0 aliphatic carbocycles. The number of piperidine rings is 1. The summed E-state index contributed by atoms with van der Waals surface area (Å²) in [4.78, 5) is 46.3. The van der Waals surface area contributed by atoms with E-state index in [4.69, 9.17) is 9.47 Å². The summed E-state index contributed by atoms with van der Waals surface area (Å²) < 4.78 is 11.6. The molecule has 5 rings (SSSR count). The summed E-state index contributed by atoms with van der Waals surface area (Å²) >= 11 is 0. The summed E-state index contributed by atoms with van der Waals surface area (Å²) in [5.74, 6) is 1.29. The quantitative estimate of drug-likeness (QED) is 0.709. The van der Waals surface area contributed by atoms with Gasteiger partial charge in [0.15, 0.2) is 5.78 Å². The second kappa shape index (κ2) is 7.32. The highest BCUT2D eigenvalue weighted by Crippen LogP contribution is 2.41. The molecule has 1 spiro atoms. The Morgan fingerprint density at radius 3 is 2.69 bits per heavy atom. The van der Waals surface area contributed by atoms with E-state index < -0.39 is 11.1 Å². The highest BCUT2D eigenvalue weighted by molar-refractivity contribution is 6.09. The van der Waals surface area contributed by atoms with Crippen molar-refractivity contribution in [3.05, 3.63) is 48.2 Å². The number of nitrogens with zero attached hydrogens (tertiary/aromatic N) is 3. The first kappa shape index (κ1) is 20.5. The first-order valence-corrected chi connectivity index (χ1v) is 10.8. The van der Waals surface area contributed by atoms with Crippen molar-refractivity contribution in [2.24, 2.45) is 4.99 Å². The molecule has 0 bridgehead atoms. The van der Waals surface area contributed by atoms with Gasteiger partial charge in [-0.1, -0.05) is 6.08 Å². The Kier molecular flexibility index (Phi) is 4.69. The number of Topliss-reactive ketones (excluding diaryl/α,β-unsaturated/α-hetero) is 1. The second-order valence-electron chi connectivity index (χ2n) is 8.92. The maximum atomic E-state index is 13.6. The lowest BCUT2D eigenvalue weighted by atomic mass is 9.81. The van der Waals surface area contributed by atoms with Crippen LogP contribution >= 0.6 is 0 Å². The molecule has 0 radical (unpaired) electrons. The molecule has 8 nitrogen and oxygen atoms in total. The molecule has 8 heteroatoms. The fraction of sp³-hybridized carbons (Fsp3) is 0.417. The Hall–Kier alpha value is -3.42. The Morgan fingerprint density at radius 1 is 1.16 bits per heavy atom. The van der Waals surface area contributed by atoms with Crippen LogP contribution in [0.4, 0.5) is 0 Å². The third-order valence-electron chi connectivity index (χ3n) is 6.83. The number of benzene rings is 1. The number of hydrogen-bond acceptors (Lipinski definition) is 6. The zero-order valence-corrected chi connectivity index (χ0v) is 18.2. The number of ketones is 1. The molecule has 1 fully saturated rings. The van der Waals surface area contributed by atoms with E-state index in [9.17, 15) is 14.4 Å². The van der Waals surface area contributed by atoms with E-state index in [0.29, 0.717) is 55.3 Å². The van der Waals surface area contributed by atoms with Gasteiger partial charge in [-0.3, -0.25) is 14.4 Å². The van der Waals surface area contributed by atoms with E-state index in [1.807, 2.05) is 6.08 Å². The minimum Gasteiger partial charge on any atom is -0.497 e. The van der Waals surface area contributed by atoms with Crippen LogP contribution in [0.15, 0.2) is 47.6 Å². The largest absolute Gasteiger partial charge is 0.497 e. The molecule has 0 aromatic heterocycles. The van der Waals surface area contributed by atoms with Gasteiger partial charge in [0.2, 0.25) is 5.91 Å². The molecule has 1 saturated heterocycles. The molecule has 32 heavy (non-hydrogen) atoms. The minimum atomic E-state index is -1.02. The van der Waals surface area contributed by atoms with Crippen LogP contribution in [-0.4, -0.2) is 64.6 Å². The van der Waals surface area contributed by atoms with Crippen molar-refractivity contribution in [3.63, 3.8) is 0 Å². The number of rotatable bonds is 2. The number of amidine groups is 1. The van der Waals surface area contributed by atoms with E-state index in [1.165, 1.54) is 0 Å². The van der Waals surface area contributed by atoms with Gasteiger partial charge < -0.3 is 19.3 Å². The number of allylic oxidation sites excluding steroid dienone is 2. The van der Waals surface area contributed by atoms with Crippen molar-refractivity contribution in [1.82, 2.24) is 9.80 Å². The van der Waals surface area contributed by atoms with Crippen molar-refractivity contribution >= 4 is 23.4 Å². The van der Waals surface area contributed by atoms with Gasteiger partial charge in [-0.25, -0.2) is 0 Å². The van der Waals surface area contributed by atoms with Crippen LogP contribution in [0, 0.1) is 0 Å². The highest BCUT2D eigenvalue weighted by Gasteiger charge is 2.50. The fourth-order valence-corrected chi connectivity index (χ4v) is 5.01. The van der Waals surface area contributed by atoms with Crippen molar-refractivity contribution < 1.29 is 23.9 Å². The minimum absolute atomic E-state index is 0.0251. The molecule has 1 aromatic rings. The Bertz CT molecular complexity index is 1100. The maximum Gasteiger partial charge on any atom is 0.250 e. The third-order valence-corrected chi connectivity index (χ3v) is 6.83. The zero-order chi connectivity index (χ0) is 22.5. The van der Waals surface area contributed by atoms with E-state index in [0.717, 1.165) is 0 Å². The number of aliphatic imine (C=N–C) groups is 1. The molecule has 2 amide bonds. The van der Waals surface area contributed by atoms with Crippen LogP contribution in [0.5, 0.6) is 11.5 Å². The van der Waals surface area contributed by atoms with Gasteiger partial charge in [-0.2, -0.15) is 4.99 Å². The molecule has 0 saturated carbocycles. The van der Waals surface area contributed by atoms with Crippen LogP contribution in [0.25, 0.3) is 0 Å². The molecule has 4 aliphatic heterocycles. The predicted octanol–water partition coefficient (Wildman–Crippen LogP) is 2.49. The van der Waals surface area contributed by atoms with Crippen molar-refractivity contribution in [2.45, 2.75) is 43.7 Å². The fourth-order valence-electron chi connectivity index (χ4n) is 5.01. The number of ether oxygens (including phenoxy) is 2.